The van der Waals surface area contributed by atoms with Gasteiger partial charge in [-0.3, -0.25) is 0 Å². The van der Waals surface area contributed by atoms with Gasteiger partial charge >= 0.3 is 0 Å². The molecule has 0 spiro atoms. The predicted octanol–water partition coefficient (Wildman–Crippen LogP) is 4.50. The second-order valence-electron chi connectivity index (χ2n) is 5.37. The minimum Gasteiger partial charge on any atom is -0.779 e. The van der Waals surface area contributed by atoms with Crippen molar-refractivity contribution < 1.29 is 19.5 Å². The van der Waals surface area contributed by atoms with Crippen molar-refractivity contribution in [1.29, 1.82) is 0 Å². The first-order valence-corrected chi connectivity index (χ1v) is 8.08. The maximum atomic E-state index is 5.49. The Morgan fingerprint density at radius 3 is 2.00 bits per heavy atom. The van der Waals surface area contributed by atoms with E-state index in [1.807, 2.05) is 89.6 Å². The number of nitrogens with zero attached hydrogens (tertiary/aromatic N) is 3. The van der Waals surface area contributed by atoms with E-state index in [-0.39, 0.29) is 19.5 Å². The topological polar surface area (TPSA) is 30.7 Å². The van der Waals surface area contributed by atoms with E-state index in [9.17, 15) is 0 Å². The Kier molecular flexibility index (Phi) is 5.37. The molecule has 0 aliphatic heterocycles. The molecule has 0 fully saturated rings. The van der Waals surface area contributed by atoms with Gasteiger partial charge in [-0.15, -0.1) is 5.10 Å². The first kappa shape index (κ1) is 17.5. The molecular formula is C20H14N3SZn-. The van der Waals surface area contributed by atoms with Crippen LogP contribution in [0.1, 0.15) is 0 Å². The molecule has 0 unspecified atom stereocenters. The monoisotopic (exact) mass is 392 g/mol. The van der Waals surface area contributed by atoms with Crippen molar-refractivity contribution in [3.8, 4) is 28.5 Å². The van der Waals surface area contributed by atoms with Crippen molar-refractivity contribution in [3.05, 3.63) is 84.9 Å². The molecule has 4 rings (SSSR count). The molecule has 25 heavy (non-hydrogen) atoms. The third-order valence-corrected chi connectivity index (χ3v) is 4.12. The van der Waals surface area contributed by atoms with Crippen molar-refractivity contribution in [1.82, 2.24) is 14.8 Å². The standard InChI is InChI=1S/C20H15N3S.Zn/c24-18-14-8-7-13-17(18)20-21-19(15-9-3-1-4-10-15)22-23(20)16-11-5-2-6-12-16;/h1-14,24H;/p-1. The summed E-state index contributed by atoms with van der Waals surface area (Å²) >= 11 is 5.49. The molecule has 3 nitrogen and oxygen atoms in total. The smallest absolute Gasteiger partial charge is 0.182 e. The minimum absolute atomic E-state index is 0. The van der Waals surface area contributed by atoms with E-state index in [1.165, 1.54) is 0 Å². The predicted molar refractivity (Wildman–Crippen MR) is 97.9 cm³/mol. The Labute approximate surface area is 164 Å². The summed E-state index contributed by atoms with van der Waals surface area (Å²) in [6.45, 7) is 0. The number of hydrogen-bond acceptors (Lipinski definition) is 3. The maximum Gasteiger partial charge on any atom is 0.182 e. The zero-order valence-corrected chi connectivity index (χ0v) is 17.3. The van der Waals surface area contributed by atoms with Gasteiger partial charge in [0, 0.05) is 30.6 Å². The van der Waals surface area contributed by atoms with Gasteiger partial charge in [-0.25, -0.2) is 9.67 Å². The molecule has 0 atom stereocenters. The Morgan fingerprint density at radius 1 is 0.720 bits per heavy atom. The molecule has 5 heteroatoms. The number of aromatic nitrogens is 3. The summed E-state index contributed by atoms with van der Waals surface area (Å²) in [5.74, 6) is 1.44. The molecule has 1 heterocycles. The second-order valence-corrected chi connectivity index (χ2v) is 5.81. The number of rotatable bonds is 3. The molecule has 3 aromatic carbocycles. The van der Waals surface area contributed by atoms with Crippen LogP contribution in [0.4, 0.5) is 0 Å². The van der Waals surface area contributed by atoms with Crippen LogP contribution in [0.25, 0.3) is 28.5 Å². The molecule has 0 amide bonds. The van der Waals surface area contributed by atoms with E-state index >= 15 is 0 Å². The van der Waals surface area contributed by atoms with Crippen molar-refractivity contribution in [2.75, 3.05) is 0 Å². The molecule has 0 N–H and O–H groups in total. The Bertz CT molecular complexity index is 969. The minimum atomic E-state index is 0. The molecule has 0 aliphatic rings. The molecule has 0 bridgehead atoms. The van der Waals surface area contributed by atoms with Crippen LogP contribution in [0.3, 0.4) is 0 Å². The van der Waals surface area contributed by atoms with Crippen LogP contribution >= 0.6 is 0 Å². The fourth-order valence-corrected chi connectivity index (χ4v) is 2.83. The Balaban J connectivity index is 0.00000182. The van der Waals surface area contributed by atoms with Crippen molar-refractivity contribution in [2.24, 2.45) is 0 Å². The summed E-state index contributed by atoms with van der Waals surface area (Å²) in [4.78, 5) is 5.54. The van der Waals surface area contributed by atoms with Gasteiger partial charge in [0.1, 0.15) is 0 Å². The van der Waals surface area contributed by atoms with E-state index < -0.39 is 0 Å². The molecule has 0 radical (unpaired) electrons. The molecule has 118 valence electrons. The van der Waals surface area contributed by atoms with Gasteiger partial charge in [0.2, 0.25) is 0 Å². The Morgan fingerprint density at radius 2 is 1.32 bits per heavy atom. The van der Waals surface area contributed by atoms with Crippen molar-refractivity contribution in [3.63, 3.8) is 0 Å². The summed E-state index contributed by atoms with van der Waals surface area (Å²) in [7, 11) is 0. The normalized spacial score (nSPS) is 10.2. The van der Waals surface area contributed by atoms with Crippen LogP contribution in [0.2, 0.25) is 0 Å². The fourth-order valence-electron chi connectivity index (χ4n) is 2.60. The summed E-state index contributed by atoms with van der Waals surface area (Å²) in [6.07, 6.45) is 0. The summed E-state index contributed by atoms with van der Waals surface area (Å²) in [6, 6.07) is 27.8. The summed E-state index contributed by atoms with van der Waals surface area (Å²) in [5.41, 5.74) is 2.85. The van der Waals surface area contributed by atoms with E-state index in [2.05, 4.69) is 0 Å². The van der Waals surface area contributed by atoms with Crippen LogP contribution in [0, 0.1) is 0 Å². The molecule has 0 saturated carbocycles. The van der Waals surface area contributed by atoms with E-state index in [0.29, 0.717) is 5.82 Å². The van der Waals surface area contributed by atoms with Gasteiger partial charge in [0.15, 0.2) is 11.6 Å². The zero-order valence-electron chi connectivity index (χ0n) is 13.5. The largest absolute Gasteiger partial charge is 0.779 e. The average molecular weight is 394 g/mol. The molecule has 0 saturated heterocycles. The van der Waals surface area contributed by atoms with E-state index in [4.69, 9.17) is 22.7 Å². The van der Waals surface area contributed by atoms with Gasteiger partial charge in [0.25, 0.3) is 0 Å². The zero-order chi connectivity index (χ0) is 16.4. The summed E-state index contributed by atoms with van der Waals surface area (Å²) in [5, 5.41) is 4.73. The van der Waals surface area contributed by atoms with Gasteiger partial charge in [-0.05, 0) is 12.1 Å². The molecule has 4 aromatic rings. The van der Waals surface area contributed by atoms with Crippen LogP contribution in [-0.4, -0.2) is 14.8 Å². The van der Waals surface area contributed by atoms with Crippen molar-refractivity contribution in [2.45, 2.75) is 4.90 Å². The second kappa shape index (κ2) is 7.69. The molecule has 1 aromatic heterocycles. The number of benzene rings is 3. The summed E-state index contributed by atoms with van der Waals surface area (Å²) < 4.78 is 1.85. The SMILES string of the molecule is [S-]c1ccccc1-c1nc(-c2ccccc2)nn1-c1ccccc1.[Zn]. The van der Waals surface area contributed by atoms with E-state index in [1.54, 1.807) is 0 Å². The third-order valence-electron chi connectivity index (χ3n) is 3.77. The number of hydrogen-bond donors (Lipinski definition) is 0. The van der Waals surface area contributed by atoms with Crippen LogP contribution in [0.5, 0.6) is 0 Å². The molecule has 0 aliphatic carbocycles. The quantitative estimate of drug-likeness (QED) is 0.379. The first-order valence-electron chi connectivity index (χ1n) is 7.67. The van der Waals surface area contributed by atoms with Gasteiger partial charge in [-0.2, -0.15) is 4.90 Å². The average Bonchev–Trinajstić information content (AvgIpc) is 3.09. The third kappa shape index (κ3) is 3.53. The van der Waals surface area contributed by atoms with Crippen molar-refractivity contribution >= 4 is 12.6 Å². The van der Waals surface area contributed by atoms with Gasteiger partial charge in [0.05, 0.1) is 5.69 Å². The maximum absolute atomic E-state index is 5.49. The Hall–Kier alpha value is -2.36. The van der Waals surface area contributed by atoms with Crippen LogP contribution in [-0.2, 0) is 32.1 Å². The molecular weight excluding hydrogens is 380 g/mol. The van der Waals surface area contributed by atoms with Crippen LogP contribution < -0.4 is 0 Å². The first-order chi connectivity index (χ1) is 11.8. The van der Waals surface area contributed by atoms with E-state index in [0.717, 1.165) is 27.5 Å². The van der Waals surface area contributed by atoms with Crippen LogP contribution in [0.15, 0.2) is 89.8 Å². The number of para-hydroxylation sites is 1. The van der Waals surface area contributed by atoms with Gasteiger partial charge in [-0.1, -0.05) is 72.8 Å². The fraction of sp³-hybridized carbons (Fsp3) is 0. The van der Waals surface area contributed by atoms with Gasteiger partial charge < -0.3 is 12.6 Å².